The van der Waals surface area contributed by atoms with E-state index in [-0.39, 0.29) is 5.91 Å². The predicted octanol–water partition coefficient (Wildman–Crippen LogP) is 2.38. The van der Waals surface area contributed by atoms with E-state index in [9.17, 15) is 14.4 Å². The molecule has 1 aliphatic heterocycles. The molecule has 7 heteroatoms. The van der Waals surface area contributed by atoms with Gasteiger partial charge in [0.2, 0.25) is 0 Å². The van der Waals surface area contributed by atoms with E-state index in [4.69, 9.17) is 4.74 Å². The molecule has 144 valence electrons. The Morgan fingerprint density at radius 3 is 2.41 bits per heavy atom. The van der Waals surface area contributed by atoms with Gasteiger partial charge in [0.05, 0.1) is 12.1 Å². The van der Waals surface area contributed by atoms with Crippen LogP contribution in [-0.4, -0.2) is 71.0 Å². The van der Waals surface area contributed by atoms with Crippen LogP contribution < -0.4 is 0 Å². The van der Waals surface area contributed by atoms with Gasteiger partial charge in [-0.2, -0.15) is 0 Å². The molecular formula is C20H25N3O4. The van der Waals surface area contributed by atoms with Gasteiger partial charge in [-0.1, -0.05) is 18.2 Å². The standard InChI is InChI=1S/C20H25N3O4/c1-20(2,3)27-19(26)23-16-7-5-4-6-15(16)14-17(23)18(25)22-10-8-21(9-11-22)12-13-24/h4-7,13-14H,8-12H2,1-3H3. The summed E-state index contributed by atoms with van der Waals surface area (Å²) in [7, 11) is 0. The first-order valence-electron chi connectivity index (χ1n) is 9.09. The summed E-state index contributed by atoms with van der Waals surface area (Å²) < 4.78 is 6.89. The third kappa shape index (κ3) is 4.19. The topological polar surface area (TPSA) is 71.8 Å². The Kier molecular flexibility index (Phi) is 5.32. The molecule has 0 aliphatic carbocycles. The molecule has 2 heterocycles. The second kappa shape index (κ2) is 7.52. The number of carbonyl (C=O) groups is 3. The van der Waals surface area contributed by atoms with Crippen molar-refractivity contribution in [1.29, 1.82) is 0 Å². The first-order valence-corrected chi connectivity index (χ1v) is 9.09. The van der Waals surface area contributed by atoms with E-state index in [0.29, 0.717) is 43.9 Å². The van der Waals surface area contributed by atoms with Gasteiger partial charge in [0.1, 0.15) is 17.6 Å². The van der Waals surface area contributed by atoms with Gasteiger partial charge < -0.3 is 14.4 Å². The van der Waals surface area contributed by atoms with Crippen molar-refractivity contribution in [1.82, 2.24) is 14.4 Å². The summed E-state index contributed by atoms with van der Waals surface area (Å²) in [5.41, 5.74) is 0.285. The van der Waals surface area contributed by atoms with E-state index < -0.39 is 11.7 Å². The molecule has 0 saturated carbocycles. The first kappa shape index (κ1) is 19.1. The fourth-order valence-electron chi connectivity index (χ4n) is 3.22. The van der Waals surface area contributed by atoms with Crippen molar-refractivity contribution in [2.24, 2.45) is 0 Å². The lowest BCUT2D eigenvalue weighted by atomic mass is 10.2. The SMILES string of the molecule is CC(C)(C)OC(=O)n1c(C(=O)N2CCN(CC=O)CC2)cc2ccccc21. The van der Waals surface area contributed by atoms with Crippen LogP contribution in [0.4, 0.5) is 4.79 Å². The summed E-state index contributed by atoms with van der Waals surface area (Å²) >= 11 is 0. The quantitative estimate of drug-likeness (QED) is 0.775. The van der Waals surface area contributed by atoms with Gasteiger partial charge in [-0.25, -0.2) is 9.36 Å². The van der Waals surface area contributed by atoms with Crippen LogP contribution >= 0.6 is 0 Å². The average Bonchev–Trinajstić information content (AvgIpc) is 3.00. The van der Waals surface area contributed by atoms with Crippen LogP contribution in [0.1, 0.15) is 31.3 Å². The number of benzene rings is 1. The summed E-state index contributed by atoms with van der Waals surface area (Å²) in [6.07, 6.45) is 0.310. The van der Waals surface area contributed by atoms with Gasteiger partial charge in [0.15, 0.2) is 0 Å². The largest absolute Gasteiger partial charge is 0.443 e. The van der Waals surface area contributed by atoms with Gasteiger partial charge in [0, 0.05) is 31.6 Å². The van der Waals surface area contributed by atoms with Crippen molar-refractivity contribution in [2.45, 2.75) is 26.4 Å². The highest BCUT2D eigenvalue weighted by atomic mass is 16.6. The molecule has 3 rings (SSSR count). The maximum Gasteiger partial charge on any atom is 0.419 e. The predicted molar refractivity (Wildman–Crippen MR) is 102 cm³/mol. The summed E-state index contributed by atoms with van der Waals surface area (Å²) in [5, 5.41) is 0.811. The summed E-state index contributed by atoms with van der Waals surface area (Å²) in [6.45, 7) is 8.07. The summed E-state index contributed by atoms with van der Waals surface area (Å²) in [5.74, 6) is -0.206. The number of carbonyl (C=O) groups excluding carboxylic acids is 3. The van der Waals surface area contributed by atoms with Crippen LogP contribution in [0, 0.1) is 0 Å². The van der Waals surface area contributed by atoms with E-state index in [1.54, 1.807) is 37.8 Å². The zero-order valence-corrected chi connectivity index (χ0v) is 16.0. The molecule has 0 N–H and O–H groups in total. The molecule has 7 nitrogen and oxygen atoms in total. The number of aromatic nitrogens is 1. The third-order valence-electron chi connectivity index (χ3n) is 4.50. The molecule has 27 heavy (non-hydrogen) atoms. The molecule has 1 amide bonds. The molecule has 2 aromatic rings. The maximum absolute atomic E-state index is 13.1. The van der Waals surface area contributed by atoms with E-state index in [1.165, 1.54) is 4.57 Å². The monoisotopic (exact) mass is 371 g/mol. The number of rotatable bonds is 3. The fourth-order valence-corrected chi connectivity index (χ4v) is 3.22. The number of fused-ring (bicyclic) bond motifs is 1. The lowest BCUT2D eigenvalue weighted by Gasteiger charge is -2.33. The lowest BCUT2D eigenvalue weighted by Crippen LogP contribution is -2.49. The zero-order valence-electron chi connectivity index (χ0n) is 16.0. The normalized spacial score (nSPS) is 15.7. The average molecular weight is 371 g/mol. The third-order valence-corrected chi connectivity index (χ3v) is 4.50. The van der Waals surface area contributed by atoms with E-state index >= 15 is 0 Å². The molecular weight excluding hydrogens is 346 g/mol. The van der Waals surface area contributed by atoms with E-state index in [2.05, 4.69) is 0 Å². The van der Waals surface area contributed by atoms with Crippen LogP contribution in [0.15, 0.2) is 30.3 Å². The molecule has 1 aromatic carbocycles. The van der Waals surface area contributed by atoms with E-state index in [0.717, 1.165) is 11.7 Å². The first-order chi connectivity index (χ1) is 12.8. The lowest BCUT2D eigenvalue weighted by molar-refractivity contribution is -0.109. The minimum atomic E-state index is -0.663. The summed E-state index contributed by atoms with van der Waals surface area (Å²) in [4.78, 5) is 40.3. The van der Waals surface area contributed by atoms with Crippen molar-refractivity contribution in [3.05, 3.63) is 36.0 Å². The minimum absolute atomic E-state index is 0.206. The second-order valence-electron chi connectivity index (χ2n) is 7.66. The Morgan fingerprint density at radius 2 is 1.78 bits per heavy atom. The molecule has 1 saturated heterocycles. The zero-order chi connectivity index (χ0) is 19.6. The van der Waals surface area contributed by atoms with Gasteiger partial charge in [0.25, 0.3) is 5.91 Å². The Balaban J connectivity index is 1.92. The number of hydrogen-bond donors (Lipinski definition) is 0. The number of hydrogen-bond acceptors (Lipinski definition) is 5. The smallest absolute Gasteiger partial charge is 0.419 e. The Labute approximate surface area is 158 Å². The highest BCUT2D eigenvalue weighted by molar-refractivity contribution is 6.03. The van der Waals surface area contributed by atoms with Crippen LogP contribution in [-0.2, 0) is 9.53 Å². The number of nitrogens with zero attached hydrogens (tertiary/aromatic N) is 3. The number of amides is 1. The number of piperazine rings is 1. The van der Waals surface area contributed by atoms with Crippen molar-refractivity contribution in [3.63, 3.8) is 0 Å². The Hall–Kier alpha value is -2.67. The highest BCUT2D eigenvalue weighted by Gasteiger charge is 2.29. The number of para-hydroxylation sites is 1. The van der Waals surface area contributed by atoms with Crippen LogP contribution in [0.5, 0.6) is 0 Å². The maximum atomic E-state index is 13.1. The molecule has 1 fully saturated rings. The van der Waals surface area contributed by atoms with Gasteiger partial charge in [-0.3, -0.25) is 9.69 Å². The molecule has 1 aromatic heterocycles. The van der Waals surface area contributed by atoms with Crippen molar-refractivity contribution in [3.8, 4) is 0 Å². The molecule has 0 atom stereocenters. The van der Waals surface area contributed by atoms with Crippen molar-refractivity contribution >= 4 is 29.2 Å². The second-order valence-corrected chi connectivity index (χ2v) is 7.66. The summed E-state index contributed by atoms with van der Waals surface area (Å²) in [6, 6.07) is 9.11. The molecule has 0 bridgehead atoms. The van der Waals surface area contributed by atoms with Crippen LogP contribution in [0.2, 0.25) is 0 Å². The highest BCUT2D eigenvalue weighted by Crippen LogP contribution is 2.23. The molecule has 0 spiro atoms. The minimum Gasteiger partial charge on any atom is -0.443 e. The number of ether oxygens (including phenoxy) is 1. The molecule has 0 unspecified atom stereocenters. The van der Waals surface area contributed by atoms with Gasteiger partial charge in [-0.05, 0) is 32.9 Å². The van der Waals surface area contributed by atoms with Crippen molar-refractivity contribution < 1.29 is 19.1 Å². The Bertz CT molecular complexity index is 858. The molecule has 0 radical (unpaired) electrons. The van der Waals surface area contributed by atoms with Gasteiger partial charge >= 0.3 is 6.09 Å². The fraction of sp³-hybridized carbons (Fsp3) is 0.450. The van der Waals surface area contributed by atoms with E-state index in [1.807, 2.05) is 23.1 Å². The van der Waals surface area contributed by atoms with Gasteiger partial charge in [-0.15, -0.1) is 0 Å². The Morgan fingerprint density at radius 1 is 1.11 bits per heavy atom. The van der Waals surface area contributed by atoms with Crippen LogP contribution in [0.25, 0.3) is 10.9 Å². The molecule has 1 aliphatic rings. The van der Waals surface area contributed by atoms with Crippen LogP contribution in [0.3, 0.4) is 0 Å². The van der Waals surface area contributed by atoms with Crippen molar-refractivity contribution in [2.75, 3.05) is 32.7 Å². The number of aldehydes is 1.